The van der Waals surface area contributed by atoms with Gasteiger partial charge < -0.3 is 10.4 Å². The second-order valence-corrected chi connectivity index (χ2v) is 4.18. The lowest BCUT2D eigenvalue weighted by Gasteiger charge is -2.09. The highest BCUT2D eigenvalue weighted by Gasteiger charge is 2.28. The van der Waals surface area contributed by atoms with E-state index >= 15 is 0 Å². The molecule has 1 fully saturated rings. The maximum absolute atomic E-state index is 9.61. The molecule has 15 heavy (non-hydrogen) atoms. The molecule has 2 N–H and O–H groups in total. The summed E-state index contributed by atoms with van der Waals surface area (Å²) < 4.78 is 0. The molecule has 82 valence electrons. The smallest absolute Gasteiger partial charge is 0.0692 e. The van der Waals surface area contributed by atoms with Crippen LogP contribution in [0.2, 0.25) is 0 Å². The second-order valence-electron chi connectivity index (χ2n) is 4.18. The molecule has 2 rings (SSSR count). The highest BCUT2D eigenvalue weighted by molar-refractivity contribution is 5.03. The standard InChI is InChI=1S/C12H18N2O/c15-12(10-4-5-10)9-13-8-6-11-3-1-2-7-14-11/h1-3,7,10,12-13,15H,4-6,8-9H2. The summed E-state index contributed by atoms with van der Waals surface area (Å²) in [7, 11) is 0. The summed E-state index contributed by atoms with van der Waals surface area (Å²) in [6.45, 7) is 1.61. The van der Waals surface area contributed by atoms with Crippen LogP contribution in [0.15, 0.2) is 24.4 Å². The first-order valence-electron chi connectivity index (χ1n) is 5.65. The number of aliphatic hydroxyl groups excluding tert-OH is 1. The molecule has 0 aliphatic heterocycles. The van der Waals surface area contributed by atoms with Gasteiger partial charge >= 0.3 is 0 Å². The van der Waals surface area contributed by atoms with Crippen LogP contribution in [0.25, 0.3) is 0 Å². The number of pyridine rings is 1. The summed E-state index contributed by atoms with van der Waals surface area (Å²) in [6, 6.07) is 5.95. The van der Waals surface area contributed by atoms with Crippen molar-refractivity contribution < 1.29 is 5.11 Å². The minimum Gasteiger partial charge on any atom is -0.392 e. The van der Waals surface area contributed by atoms with Crippen molar-refractivity contribution in [3.63, 3.8) is 0 Å². The van der Waals surface area contributed by atoms with Gasteiger partial charge in [-0.1, -0.05) is 6.07 Å². The zero-order valence-electron chi connectivity index (χ0n) is 8.89. The number of nitrogens with one attached hydrogen (secondary N) is 1. The van der Waals surface area contributed by atoms with Crippen molar-refractivity contribution >= 4 is 0 Å². The Balaban J connectivity index is 1.58. The molecule has 1 aliphatic rings. The fourth-order valence-electron chi connectivity index (χ4n) is 1.66. The molecule has 1 atom stereocenters. The third-order valence-corrected chi connectivity index (χ3v) is 2.80. The fourth-order valence-corrected chi connectivity index (χ4v) is 1.66. The van der Waals surface area contributed by atoms with Crippen molar-refractivity contribution in [1.82, 2.24) is 10.3 Å². The van der Waals surface area contributed by atoms with Gasteiger partial charge in [0.25, 0.3) is 0 Å². The molecule has 0 aromatic carbocycles. The van der Waals surface area contributed by atoms with E-state index in [9.17, 15) is 5.11 Å². The van der Waals surface area contributed by atoms with E-state index in [1.807, 2.05) is 24.4 Å². The van der Waals surface area contributed by atoms with Gasteiger partial charge in [0.2, 0.25) is 0 Å². The Morgan fingerprint density at radius 3 is 3.00 bits per heavy atom. The molecule has 3 nitrogen and oxygen atoms in total. The SMILES string of the molecule is OC(CNCCc1ccccn1)C1CC1. The van der Waals surface area contributed by atoms with Gasteiger partial charge in [0.1, 0.15) is 0 Å². The molecule has 1 heterocycles. The van der Waals surface area contributed by atoms with Crippen LogP contribution >= 0.6 is 0 Å². The van der Waals surface area contributed by atoms with Gasteiger partial charge in [-0.2, -0.15) is 0 Å². The first-order chi connectivity index (χ1) is 7.36. The molecule has 0 radical (unpaired) electrons. The lowest BCUT2D eigenvalue weighted by molar-refractivity contribution is 0.149. The highest BCUT2D eigenvalue weighted by Crippen LogP contribution is 2.32. The Kier molecular flexibility index (Phi) is 3.69. The lowest BCUT2D eigenvalue weighted by atomic mass is 10.2. The Morgan fingerprint density at radius 1 is 1.47 bits per heavy atom. The van der Waals surface area contributed by atoms with Crippen LogP contribution in [0.4, 0.5) is 0 Å². The third kappa shape index (κ3) is 3.61. The first-order valence-corrected chi connectivity index (χ1v) is 5.65. The van der Waals surface area contributed by atoms with Crippen LogP contribution in [0.3, 0.4) is 0 Å². The van der Waals surface area contributed by atoms with Crippen molar-refractivity contribution in [3.8, 4) is 0 Å². The van der Waals surface area contributed by atoms with E-state index in [0.29, 0.717) is 5.92 Å². The van der Waals surface area contributed by atoms with E-state index in [1.54, 1.807) is 0 Å². The summed E-state index contributed by atoms with van der Waals surface area (Å²) >= 11 is 0. The van der Waals surface area contributed by atoms with Crippen LogP contribution < -0.4 is 5.32 Å². The molecule has 1 unspecified atom stereocenters. The summed E-state index contributed by atoms with van der Waals surface area (Å²) in [5.74, 6) is 0.562. The monoisotopic (exact) mass is 206 g/mol. The van der Waals surface area contributed by atoms with Gasteiger partial charge in [-0.3, -0.25) is 4.98 Å². The zero-order chi connectivity index (χ0) is 10.5. The molecule has 3 heteroatoms. The van der Waals surface area contributed by atoms with Gasteiger partial charge in [-0.25, -0.2) is 0 Å². The minimum absolute atomic E-state index is 0.145. The van der Waals surface area contributed by atoms with Gasteiger partial charge in [-0.15, -0.1) is 0 Å². The van der Waals surface area contributed by atoms with Crippen molar-refractivity contribution in [1.29, 1.82) is 0 Å². The summed E-state index contributed by atoms with van der Waals surface area (Å²) in [5, 5.41) is 12.9. The van der Waals surface area contributed by atoms with Gasteiger partial charge in [0, 0.05) is 31.4 Å². The van der Waals surface area contributed by atoms with Crippen LogP contribution in [0.1, 0.15) is 18.5 Å². The second kappa shape index (κ2) is 5.24. The van der Waals surface area contributed by atoms with Gasteiger partial charge in [0.05, 0.1) is 6.10 Å². The summed E-state index contributed by atoms with van der Waals surface area (Å²) in [5.41, 5.74) is 1.10. The summed E-state index contributed by atoms with van der Waals surface area (Å²) in [6.07, 6.45) is 4.99. The normalized spacial score (nSPS) is 17.7. The van der Waals surface area contributed by atoms with Crippen LogP contribution in [-0.4, -0.2) is 29.3 Å². The minimum atomic E-state index is -0.145. The number of rotatable bonds is 6. The largest absolute Gasteiger partial charge is 0.392 e. The van der Waals surface area contributed by atoms with E-state index in [4.69, 9.17) is 0 Å². The Labute approximate surface area is 90.5 Å². The van der Waals surface area contributed by atoms with Crippen LogP contribution in [-0.2, 0) is 6.42 Å². The van der Waals surface area contributed by atoms with E-state index in [1.165, 1.54) is 12.8 Å². The third-order valence-electron chi connectivity index (χ3n) is 2.80. The van der Waals surface area contributed by atoms with Crippen molar-refractivity contribution in [3.05, 3.63) is 30.1 Å². The molecule has 1 saturated carbocycles. The first kappa shape index (κ1) is 10.6. The van der Waals surface area contributed by atoms with E-state index in [2.05, 4.69) is 10.3 Å². The Morgan fingerprint density at radius 2 is 2.33 bits per heavy atom. The topological polar surface area (TPSA) is 45.1 Å². The zero-order valence-corrected chi connectivity index (χ0v) is 8.89. The molecule has 0 amide bonds. The quantitative estimate of drug-likeness (QED) is 0.682. The number of aliphatic hydroxyl groups is 1. The molecular formula is C12H18N2O. The van der Waals surface area contributed by atoms with Crippen molar-refractivity contribution in [2.75, 3.05) is 13.1 Å². The predicted octanol–water partition coefficient (Wildman–Crippen LogP) is 0.985. The number of hydrogen-bond donors (Lipinski definition) is 2. The molecular weight excluding hydrogens is 188 g/mol. The predicted molar refractivity (Wildman–Crippen MR) is 59.5 cm³/mol. The molecule has 1 aromatic heterocycles. The molecule has 1 aromatic rings. The number of hydrogen-bond acceptors (Lipinski definition) is 3. The maximum atomic E-state index is 9.61. The van der Waals surface area contributed by atoms with Gasteiger partial charge in [-0.05, 0) is 30.9 Å². The maximum Gasteiger partial charge on any atom is 0.0692 e. The lowest BCUT2D eigenvalue weighted by Crippen LogP contribution is -2.29. The fraction of sp³-hybridized carbons (Fsp3) is 0.583. The average molecular weight is 206 g/mol. The van der Waals surface area contributed by atoms with Crippen LogP contribution in [0.5, 0.6) is 0 Å². The summed E-state index contributed by atoms with van der Waals surface area (Å²) in [4.78, 5) is 4.24. The van der Waals surface area contributed by atoms with Crippen molar-refractivity contribution in [2.24, 2.45) is 5.92 Å². The molecule has 0 spiro atoms. The molecule has 0 bridgehead atoms. The number of aromatic nitrogens is 1. The van der Waals surface area contributed by atoms with Gasteiger partial charge in [0.15, 0.2) is 0 Å². The Bertz CT molecular complexity index is 285. The Hall–Kier alpha value is -0.930. The highest BCUT2D eigenvalue weighted by atomic mass is 16.3. The number of nitrogens with zero attached hydrogens (tertiary/aromatic N) is 1. The van der Waals surface area contributed by atoms with Crippen molar-refractivity contribution in [2.45, 2.75) is 25.4 Å². The van der Waals surface area contributed by atoms with Crippen LogP contribution in [0, 0.1) is 5.92 Å². The van der Waals surface area contributed by atoms with E-state index in [-0.39, 0.29) is 6.10 Å². The van der Waals surface area contributed by atoms with E-state index in [0.717, 1.165) is 25.2 Å². The molecule has 1 aliphatic carbocycles. The van der Waals surface area contributed by atoms with E-state index < -0.39 is 0 Å². The molecule has 0 saturated heterocycles. The average Bonchev–Trinajstić information content (AvgIpc) is 3.09.